The van der Waals surface area contributed by atoms with Gasteiger partial charge in [-0.1, -0.05) is 17.7 Å². The average molecular weight is 283 g/mol. The lowest BCUT2D eigenvalue weighted by Crippen LogP contribution is -2.44. The predicted molar refractivity (Wildman–Crippen MR) is 76.3 cm³/mol. The summed E-state index contributed by atoms with van der Waals surface area (Å²) in [6.45, 7) is 3.28. The molecule has 1 aromatic rings. The van der Waals surface area contributed by atoms with Gasteiger partial charge in [-0.05, 0) is 43.4 Å². The lowest BCUT2D eigenvalue weighted by molar-refractivity contribution is -0.119. The number of aryl methyl sites for hydroxylation is 1. The third kappa shape index (κ3) is 3.69. The van der Waals surface area contributed by atoms with Crippen LogP contribution < -0.4 is 11.1 Å². The second-order valence-corrected chi connectivity index (χ2v) is 5.34. The summed E-state index contributed by atoms with van der Waals surface area (Å²) in [4.78, 5) is 12.1. The molecular formula is C14H19ClN2O2. The van der Waals surface area contributed by atoms with E-state index in [1.165, 1.54) is 0 Å². The van der Waals surface area contributed by atoms with Gasteiger partial charge in [-0.15, -0.1) is 0 Å². The molecule has 5 heteroatoms. The van der Waals surface area contributed by atoms with Gasteiger partial charge in [0.1, 0.15) is 0 Å². The Morgan fingerprint density at radius 3 is 2.79 bits per heavy atom. The van der Waals surface area contributed by atoms with Crippen LogP contribution in [-0.4, -0.2) is 25.2 Å². The van der Waals surface area contributed by atoms with E-state index in [0.29, 0.717) is 23.9 Å². The van der Waals surface area contributed by atoms with E-state index in [0.717, 1.165) is 18.4 Å². The van der Waals surface area contributed by atoms with Crippen molar-refractivity contribution in [3.63, 3.8) is 0 Å². The van der Waals surface area contributed by atoms with Gasteiger partial charge < -0.3 is 15.8 Å². The fourth-order valence-electron chi connectivity index (χ4n) is 2.19. The fourth-order valence-corrected chi connectivity index (χ4v) is 2.37. The average Bonchev–Trinajstić information content (AvgIpc) is 2.43. The Morgan fingerprint density at radius 1 is 1.47 bits per heavy atom. The highest BCUT2D eigenvalue weighted by atomic mass is 35.5. The Labute approximate surface area is 118 Å². The van der Waals surface area contributed by atoms with Crippen LogP contribution in [0.3, 0.4) is 0 Å². The second-order valence-electron chi connectivity index (χ2n) is 4.93. The highest BCUT2D eigenvalue weighted by Crippen LogP contribution is 2.22. The van der Waals surface area contributed by atoms with Crippen LogP contribution in [0.4, 0.5) is 5.69 Å². The van der Waals surface area contributed by atoms with E-state index in [-0.39, 0.29) is 11.8 Å². The van der Waals surface area contributed by atoms with Crippen LogP contribution in [-0.2, 0) is 9.53 Å². The van der Waals surface area contributed by atoms with Gasteiger partial charge >= 0.3 is 0 Å². The van der Waals surface area contributed by atoms with Crippen LogP contribution in [0.5, 0.6) is 0 Å². The van der Waals surface area contributed by atoms with Crippen LogP contribution in [0.25, 0.3) is 0 Å². The van der Waals surface area contributed by atoms with Crippen LogP contribution in [0.15, 0.2) is 18.2 Å². The number of benzene rings is 1. The number of nitrogens with two attached hydrogens (primary N) is 1. The number of carbonyl (C=O) groups is 1. The highest BCUT2D eigenvalue weighted by Gasteiger charge is 2.26. The lowest BCUT2D eigenvalue weighted by atomic mass is 9.92. The molecule has 1 saturated heterocycles. The number of anilines is 1. The predicted octanol–water partition coefficient (Wildman–Crippen LogP) is 2.34. The number of hydrogen-bond donors (Lipinski definition) is 2. The number of rotatable bonds is 3. The Kier molecular flexibility index (Phi) is 4.80. The first-order valence-electron chi connectivity index (χ1n) is 6.48. The molecule has 0 aliphatic carbocycles. The van der Waals surface area contributed by atoms with Crippen LogP contribution in [0.2, 0.25) is 5.02 Å². The fraction of sp³-hybridized carbons (Fsp3) is 0.500. The summed E-state index contributed by atoms with van der Waals surface area (Å²) in [5.41, 5.74) is 7.67. The molecule has 19 heavy (non-hydrogen) atoms. The molecule has 1 amide bonds. The molecule has 1 atom stereocenters. The number of amides is 1. The highest BCUT2D eigenvalue weighted by molar-refractivity contribution is 6.31. The number of nitrogens with one attached hydrogen (secondary N) is 1. The molecule has 0 bridgehead atoms. The number of carbonyl (C=O) groups excluding carboxylic acids is 1. The van der Waals surface area contributed by atoms with Crippen molar-refractivity contribution in [2.45, 2.75) is 25.8 Å². The van der Waals surface area contributed by atoms with E-state index in [1.54, 1.807) is 6.07 Å². The molecule has 104 valence electrons. The van der Waals surface area contributed by atoms with Gasteiger partial charge in [-0.25, -0.2) is 0 Å². The first-order valence-corrected chi connectivity index (χ1v) is 6.86. The van der Waals surface area contributed by atoms with Gasteiger partial charge in [0, 0.05) is 23.9 Å². The van der Waals surface area contributed by atoms with Crippen LogP contribution in [0.1, 0.15) is 18.4 Å². The second kappa shape index (κ2) is 6.37. The minimum absolute atomic E-state index is 0.160. The smallest absolute Gasteiger partial charge is 0.241 e. The van der Waals surface area contributed by atoms with Crippen LogP contribution >= 0.6 is 11.6 Å². The Morgan fingerprint density at radius 2 is 2.16 bits per heavy atom. The van der Waals surface area contributed by atoms with E-state index in [2.05, 4.69) is 5.32 Å². The third-order valence-corrected chi connectivity index (χ3v) is 3.92. The van der Waals surface area contributed by atoms with Gasteiger partial charge in [0.15, 0.2) is 0 Å². The van der Waals surface area contributed by atoms with Crippen molar-refractivity contribution in [2.24, 2.45) is 11.7 Å². The molecule has 4 nitrogen and oxygen atoms in total. The van der Waals surface area contributed by atoms with Crippen molar-refractivity contribution < 1.29 is 9.53 Å². The maximum absolute atomic E-state index is 12.1. The topological polar surface area (TPSA) is 64.4 Å². The molecule has 2 rings (SSSR count). The van der Waals surface area contributed by atoms with Crippen molar-refractivity contribution in [3.05, 3.63) is 28.8 Å². The molecule has 1 unspecified atom stereocenters. The van der Waals surface area contributed by atoms with E-state index in [1.807, 2.05) is 19.1 Å². The molecule has 1 heterocycles. The quantitative estimate of drug-likeness (QED) is 0.894. The normalized spacial score (nSPS) is 18.1. The van der Waals surface area contributed by atoms with E-state index in [4.69, 9.17) is 22.1 Å². The molecule has 1 fully saturated rings. The zero-order valence-corrected chi connectivity index (χ0v) is 11.7. The molecule has 0 aromatic heterocycles. The molecule has 0 saturated carbocycles. The largest absolute Gasteiger partial charge is 0.381 e. The summed E-state index contributed by atoms with van der Waals surface area (Å²) >= 11 is 6.03. The maximum Gasteiger partial charge on any atom is 0.241 e. The lowest BCUT2D eigenvalue weighted by Gasteiger charge is -2.26. The summed E-state index contributed by atoms with van der Waals surface area (Å²) in [5.74, 6) is 0.0292. The summed E-state index contributed by atoms with van der Waals surface area (Å²) in [5, 5.41) is 3.45. The van der Waals surface area contributed by atoms with Gasteiger partial charge in [0.25, 0.3) is 0 Å². The number of halogens is 1. The summed E-state index contributed by atoms with van der Waals surface area (Å²) in [7, 11) is 0. The standard InChI is InChI=1S/C14H19ClN2O2/c1-9-2-3-11(8-12(9)15)17-14(18)13(16)10-4-6-19-7-5-10/h2-3,8,10,13H,4-7,16H2,1H3,(H,17,18). The van der Waals surface area contributed by atoms with Gasteiger partial charge in [0.05, 0.1) is 6.04 Å². The summed E-state index contributed by atoms with van der Waals surface area (Å²) < 4.78 is 5.27. The van der Waals surface area contributed by atoms with E-state index < -0.39 is 6.04 Å². The molecular weight excluding hydrogens is 264 g/mol. The summed E-state index contributed by atoms with van der Waals surface area (Å²) in [6.07, 6.45) is 1.67. The SMILES string of the molecule is Cc1ccc(NC(=O)C(N)C2CCOCC2)cc1Cl. The molecule has 0 spiro atoms. The number of hydrogen-bond acceptors (Lipinski definition) is 3. The van der Waals surface area contributed by atoms with Crippen LogP contribution in [0, 0.1) is 12.8 Å². The van der Waals surface area contributed by atoms with Crippen molar-refractivity contribution >= 4 is 23.2 Å². The third-order valence-electron chi connectivity index (χ3n) is 3.52. The first-order chi connectivity index (χ1) is 9.08. The maximum atomic E-state index is 12.1. The Bertz CT molecular complexity index is 459. The van der Waals surface area contributed by atoms with Crippen molar-refractivity contribution in [1.82, 2.24) is 0 Å². The van der Waals surface area contributed by atoms with Crippen molar-refractivity contribution in [1.29, 1.82) is 0 Å². The number of ether oxygens (including phenoxy) is 1. The molecule has 1 aliphatic heterocycles. The van der Waals surface area contributed by atoms with Gasteiger partial charge in [-0.2, -0.15) is 0 Å². The minimum Gasteiger partial charge on any atom is -0.381 e. The summed E-state index contributed by atoms with van der Waals surface area (Å²) in [6, 6.07) is 4.95. The Balaban J connectivity index is 1.97. The van der Waals surface area contributed by atoms with Gasteiger partial charge in [0.2, 0.25) is 5.91 Å². The molecule has 1 aromatic carbocycles. The molecule has 3 N–H and O–H groups in total. The zero-order chi connectivity index (χ0) is 13.8. The van der Waals surface area contributed by atoms with Crippen molar-refractivity contribution in [2.75, 3.05) is 18.5 Å². The minimum atomic E-state index is -0.496. The monoisotopic (exact) mass is 282 g/mol. The van der Waals surface area contributed by atoms with Crippen molar-refractivity contribution in [3.8, 4) is 0 Å². The first kappa shape index (κ1) is 14.3. The Hall–Kier alpha value is -1.10. The van der Waals surface area contributed by atoms with E-state index >= 15 is 0 Å². The zero-order valence-electron chi connectivity index (χ0n) is 11.0. The van der Waals surface area contributed by atoms with E-state index in [9.17, 15) is 4.79 Å². The molecule has 0 radical (unpaired) electrons. The molecule has 1 aliphatic rings. The van der Waals surface area contributed by atoms with Gasteiger partial charge in [-0.3, -0.25) is 4.79 Å².